The van der Waals surface area contributed by atoms with Crippen molar-refractivity contribution in [3.8, 4) is 6.07 Å². The summed E-state index contributed by atoms with van der Waals surface area (Å²) in [4.78, 5) is 31.7. The maximum Gasteiger partial charge on any atom is 0.276 e. The summed E-state index contributed by atoms with van der Waals surface area (Å²) >= 11 is 0. The van der Waals surface area contributed by atoms with E-state index in [4.69, 9.17) is 11.0 Å². The fraction of sp³-hybridized carbons (Fsp3) is 0.118. The molecule has 0 aliphatic heterocycles. The zero-order chi connectivity index (χ0) is 18.0. The average Bonchev–Trinajstić information content (AvgIpc) is 2.97. The third-order valence-electron chi connectivity index (χ3n) is 3.70. The lowest BCUT2D eigenvalue weighted by molar-refractivity contribution is 0.0993. The number of imidazole rings is 1. The van der Waals surface area contributed by atoms with Crippen molar-refractivity contribution in [2.24, 2.45) is 5.73 Å². The zero-order valence-corrected chi connectivity index (χ0v) is 13.4. The van der Waals surface area contributed by atoms with E-state index in [0.29, 0.717) is 23.6 Å². The molecule has 2 amide bonds. The van der Waals surface area contributed by atoms with Gasteiger partial charge in [-0.05, 0) is 37.3 Å². The molecule has 8 nitrogen and oxygen atoms in total. The maximum absolute atomic E-state index is 12.4. The highest BCUT2D eigenvalue weighted by molar-refractivity contribution is 6.03. The molecular formula is C17H14N6O2. The Hall–Kier alpha value is -3.73. The highest BCUT2D eigenvalue weighted by Crippen LogP contribution is 2.21. The molecule has 0 bridgehead atoms. The van der Waals surface area contributed by atoms with Crippen molar-refractivity contribution in [1.82, 2.24) is 14.5 Å². The number of carbonyl (C=O) groups excluding carboxylic acids is 2. The Bertz CT molecular complexity index is 1010. The fourth-order valence-corrected chi connectivity index (χ4v) is 2.45. The molecule has 0 spiro atoms. The van der Waals surface area contributed by atoms with Crippen LogP contribution in [-0.4, -0.2) is 26.3 Å². The summed E-state index contributed by atoms with van der Waals surface area (Å²) in [5.74, 6) is -0.708. The lowest BCUT2D eigenvalue weighted by atomic mass is 10.2. The molecule has 124 valence electrons. The topological polar surface area (TPSA) is 127 Å². The van der Waals surface area contributed by atoms with E-state index >= 15 is 0 Å². The van der Waals surface area contributed by atoms with E-state index in [1.807, 2.05) is 11.5 Å². The number of nitriles is 1. The number of nitrogens with two attached hydrogens (primary N) is 1. The second kappa shape index (κ2) is 6.41. The molecule has 3 rings (SSSR count). The average molecular weight is 334 g/mol. The lowest BCUT2D eigenvalue weighted by Crippen LogP contribution is -2.18. The summed E-state index contributed by atoms with van der Waals surface area (Å²) in [5, 5.41) is 11.7. The van der Waals surface area contributed by atoms with Crippen molar-refractivity contribution in [3.05, 3.63) is 53.3 Å². The van der Waals surface area contributed by atoms with E-state index in [-0.39, 0.29) is 11.3 Å². The van der Waals surface area contributed by atoms with Crippen LogP contribution in [0.5, 0.6) is 0 Å². The molecule has 0 atom stereocenters. The first kappa shape index (κ1) is 16.1. The Kier molecular flexibility index (Phi) is 4.14. The van der Waals surface area contributed by atoms with Crippen molar-refractivity contribution in [2.45, 2.75) is 13.5 Å². The molecule has 0 unspecified atom stereocenters. The quantitative estimate of drug-likeness (QED) is 0.750. The van der Waals surface area contributed by atoms with Gasteiger partial charge in [-0.2, -0.15) is 5.26 Å². The standard InChI is InChI=1S/C17H14N6O2/c1-2-23-14-6-3-10(8-18)7-13(14)21-17(23)22-16(25)12-5-4-11(9-20-12)15(19)24/h3-7,9H,2H2,1H3,(H2,19,24)(H,21,22,25). The van der Waals surface area contributed by atoms with Crippen molar-refractivity contribution < 1.29 is 9.59 Å². The van der Waals surface area contributed by atoms with Crippen LogP contribution in [0.25, 0.3) is 11.0 Å². The molecule has 3 N–H and O–H groups in total. The lowest BCUT2D eigenvalue weighted by Gasteiger charge is -2.07. The van der Waals surface area contributed by atoms with Gasteiger partial charge in [0.1, 0.15) is 5.69 Å². The van der Waals surface area contributed by atoms with Gasteiger partial charge in [0.05, 0.1) is 28.2 Å². The molecule has 2 heterocycles. The monoisotopic (exact) mass is 334 g/mol. The normalized spacial score (nSPS) is 10.4. The first-order chi connectivity index (χ1) is 12.0. The second-order valence-corrected chi connectivity index (χ2v) is 5.25. The van der Waals surface area contributed by atoms with Gasteiger partial charge in [0.25, 0.3) is 5.91 Å². The number of nitrogens with zero attached hydrogens (tertiary/aromatic N) is 4. The number of aromatic nitrogens is 3. The Labute approximate surface area is 142 Å². The summed E-state index contributed by atoms with van der Waals surface area (Å²) < 4.78 is 1.83. The van der Waals surface area contributed by atoms with Gasteiger partial charge in [0.2, 0.25) is 11.9 Å². The fourth-order valence-electron chi connectivity index (χ4n) is 2.45. The minimum atomic E-state index is -0.611. The van der Waals surface area contributed by atoms with Crippen LogP contribution in [0.4, 0.5) is 5.95 Å². The third kappa shape index (κ3) is 3.03. The predicted molar refractivity (Wildman–Crippen MR) is 90.8 cm³/mol. The van der Waals surface area contributed by atoms with Gasteiger partial charge in [0, 0.05) is 12.7 Å². The van der Waals surface area contributed by atoms with E-state index in [9.17, 15) is 9.59 Å². The highest BCUT2D eigenvalue weighted by atomic mass is 16.2. The van der Waals surface area contributed by atoms with Gasteiger partial charge in [-0.3, -0.25) is 19.9 Å². The van der Waals surface area contributed by atoms with Crippen LogP contribution in [0.1, 0.15) is 33.3 Å². The Morgan fingerprint density at radius 2 is 2.12 bits per heavy atom. The number of aryl methyl sites for hydroxylation is 1. The van der Waals surface area contributed by atoms with Crippen LogP contribution in [0.3, 0.4) is 0 Å². The number of rotatable bonds is 4. The molecule has 8 heteroatoms. The smallest absolute Gasteiger partial charge is 0.276 e. The molecule has 0 aliphatic rings. The van der Waals surface area contributed by atoms with Crippen LogP contribution in [0.2, 0.25) is 0 Å². The van der Waals surface area contributed by atoms with Gasteiger partial charge in [-0.25, -0.2) is 4.98 Å². The van der Waals surface area contributed by atoms with Crippen molar-refractivity contribution in [1.29, 1.82) is 5.26 Å². The maximum atomic E-state index is 12.4. The minimum Gasteiger partial charge on any atom is -0.366 e. The Balaban J connectivity index is 1.92. The number of anilines is 1. The number of fused-ring (bicyclic) bond motifs is 1. The molecule has 0 radical (unpaired) electrons. The summed E-state index contributed by atoms with van der Waals surface area (Å²) in [6, 6.07) is 10.1. The number of carbonyl (C=O) groups is 2. The Morgan fingerprint density at radius 1 is 1.32 bits per heavy atom. The minimum absolute atomic E-state index is 0.137. The molecule has 0 fully saturated rings. The summed E-state index contributed by atoms with van der Waals surface area (Å²) in [6.07, 6.45) is 1.25. The number of hydrogen-bond acceptors (Lipinski definition) is 5. The molecule has 3 aromatic rings. The SMILES string of the molecule is CCn1c(NC(=O)c2ccc(C(N)=O)cn2)nc2cc(C#N)ccc21. The van der Waals surface area contributed by atoms with Gasteiger partial charge in [0.15, 0.2) is 0 Å². The third-order valence-corrected chi connectivity index (χ3v) is 3.70. The molecule has 1 aromatic carbocycles. The van der Waals surface area contributed by atoms with E-state index in [1.165, 1.54) is 18.3 Å². The van der Waals surface area contributed by atoms with Gasteiger partial charge in [-0.15, -0.1) is 0 Å². The summed E-state index contributed by atoms with van der Waals surface area (Å²) in [7, 11) is 0. The van der Waals surface area contributed by atoms with Crippen LogP contribution in [-0.2, 0) is 6.54 Å². The number of benzene rings is 1. The number of amides is 2. The number of hydrogen-bond donors (Lipinski definition) is 2. The second-order valence-electron chi connectivity index (χ2n) is 5.25. The van der Waals surface area contributed by atoms with Gasteiger partial charge < -0.3 is 10.3 Å². The first-order valence-corrected chi connectivity index (χ1v) is 7.51. The number of primary amides is 1. The Morgan fingerprint density at radius 3 is 2.72 bits per heavy atom. The molecule has 25 heavy (non-hydrogen) atoms. The molecular weight excluding hydrogens is 320 g/mol. The summed E-state index contributed by atoms with van der Waals surface area (Å²) in [6.45, 7) is 2.51. The van der Waals surface area contributed by atoms with Crippen LogP contribution >= 0.6 is 0 Å². The first-order valence-electron chi connectivity index (χ1n) is 7.51. The van der Waals surface area contributed by atoms with Crippen molar-refractivity contribution >= 4 is 28.8 Å². The van der Waals surface area contributed by atoms with Crippen molar-refractivity contribution in [3.63, 3.8) is 0 Å². The van der Waals surface area contributed by atoms with Crippen LogP contribution in [0.15, 0.2) is 36.5 Å². The molecule has 2 aromatic heterocycles. The number of pyridine rings is 1. The highest BCUT2D eigenvalue weighted by Gasteiger charge is 2.15. The molecule has 0 saturated heterocycles. The van der Waals surface area contributed by atoms with Crippen LogP contribution in [0, 0.1) is 11.3 Å². The van der Waals surface area contributed by atoms with Gasteiger partial charge >= 0.3 is 0 Å². The van der Waals surface area contributed by atoms with E-state index in [0.717, 1.165) is 5.52 Å². The van der Waals surface area contributed by atoms with E-state index in [2.05, 4.69) is 21.4 Å². The van der Waals surface area contributed by atoms with Gasteiger partial charge in [-0.1, -0.05) is 0 Å². The number of nitrogens with one attached hydrogen (secondary N) is 1. The largest absolute Gasteiger partial charge is 0.366 e. The predicted octanol–water partition coefficient (Wildman–Crippen LogP) is 1.67. The van der Waals surface area contributed by atoms with E-state index < -0.39 is 11.8 Å². The molecule has 0 aliphatic carbocycles. The van der Waals surface area contributed by atoms with Crippen LogP contribution < -0.4 is 11.1 Å². The summed E-state index contributed by atoms with van der Waals surface area (Å²) in [5.41, 5.74) is 7.44. The van der Waals surface area contributed by atoms with Crippen molar-refractivity contribution in [2.75, 3.05) is 5.32 Å². The van der Waals surface area contributed by atoms with E-state index in [1.54, 1.807) is 18.2 Å². The molecule has 0 saturated carbocycles. The zero-order valence-electron chi connectivity index (χ0n) is 13.4.